The molecule has 3 rings (SSSR count). The summed E-state index contributed by atoms with van der Waals surface area (Å²) >= 11 is 1.08. The normalized spacial score (nSPS) is 11.5. The van der Waals surface area contributed by atoms with Crippen molar-refractivity contribution in [1.29, 1.82) is 0 Å². The molecule has 3 aromatic rings. The predicted molar refractivity (Wildman–Crippen MR) is 89.5 cm³/mol. The van der Waals surface area contributed by atoms with Crippen molar-refractivity contribution in [2.45, 2.75) is 11.8 Å². The highest BCUT2D eigenvalue weighted by molar-refractivity contribution is 7.91. The van der Waals surface area contributed by atoms with E-state index >= 15 is 0 Å². The van der Waals surface area contributed by atoms with E-state index in [4.69, 9.17) is 0 Å². The molecular weight excluding hydrogens is 334 g/mol. The monoisotopic (exact) mass is 347 g/mol. The summed E-state index contributed by atoms with van der Waals surface area (Å²) in [6.07, 6.45) is 0. The molecule has 1 heterocycles. The largest absolute Gasteiger partial charge is 0.320 e. The number of aromatic nitrogens is 2. The Morgan fingerprint density at radius 1 is 1.13 bits per heavy atom. The first kappa shape index (κ1) is 15.6. The molecule has 0 atom stereocenters. The van der Waals surface area contributed by atoms with E-state index in [1.807, 2.05) is 6.07 Å². The number of sulfone groups is 1. The van der Waals surface area contributed by atoms with Crippen LogP contribution in [0, 0.1) is 0 Å². The summed E-state index contributed by atoms with van der Waals surface area (Å²) in [6, 6.07) is 11.2. The Labute approximate surface area is 137 Å². The van der Waals surface area contributed by atoms with Crippen LogP contribution in [0.5, 0.6) is 0 Å². The van der Waals surface area contributed by atoms with Crippen molar-refractivity contribution in [3.05, 3.63) is 48.0 Å². The third-order valence-electron chi connectivity index (χ3n) is 3.39. The maximum Gasteiger partial charge on any atom is 0.255 e. The van der Waals surface area contributed by atoms with Crippen LogP contribution in [0.25, 0.3) is 11.0 Å². The Balaban J connectivity index is 1.85. The number of fused-ring (bicyclic) bond motifs is 1. The van der Waals surface area contributed by atoms with Crippen LogP contribution < -0.4 is 5.32 Å². The zero-order chi connectivity index (χ0) is 16.4. The third-order valence-corrected chi connectivity index (χ3v) is 5.68. The fourth-order valence-corrected chi connectivity index (χ4v) is 3.52. The Morgan fingerprint density at radius 2 is 1.87 bits per heavy atom. The minimum absolute atomic E-state index is 0.0252. The fraction of sp³-hybridized carbons (Fsp3) is 0.133. The summed E-state index contributed by atoms with van der Waals surface area (Å²) in [5.74, 6) is -0.303. The smallest absolute Gasteiger partial charge is 0.255 e. The second kappa shape index (κ2) is 6.05. The van der Waals surface area contributed by atoms with Crippen LogP contribution in [0.4, 0.5) is 5.69 Å². The van der Waals surface area contributed by atoms with Crippen LogP contribution >= 0.6 is 11.7 Å². The quantitative estimate of drug-likeness (QED) is 0.784. The summed E-state index contributed by atoms with van der Waals surface area (Å²) in [6.45, 7) is 1.58. The number of benzene rings is 2. The molecule has 0 aliphatic rings. The molecule has 0 unspecified atom stereocenters. The van der Waals surface area contributed by atoms with Crippen molar-refractivity contribution in [2.75, 3.05) is 11.1 Å². The van der Waals surface area contributed by atoms with Gasteiger partial charge >= 0.3 is 0 Å². The number of nitrogens with one attached hydrogen (secondary N) is 1. The number of amides is 1. The molecule has 0 spiro atoms. The number of nitrogens with zero attached hydrogens (tertiary/aromatic N) is 2. The molecule has 0 saturated heterocycles. The zero-order valence-electron chi connectivity index (χ0n) is 12.2. The molecule has 0 saturated carbocycles. The highest BCUT2D eigenvalue weighted by Crippen LogP contribution is 2.22. The van der Waals surface area contributed by atoms with E-state index in [0.717, 1.165) is 17.2 Å². The predicted octanol–water partition coefficient (Wildman–Crippen LogP) is 2.74. The third kappa shape index (κ3) is 3.08. The van der Waals surface area contributed by atoms with Gasteiger partial charge in [0.2, 0.25) is 0 Å². The van der Waals surface area contributed by atoms with Gasteiger partial charge in [-0.15, -0.1) is 0 Å². The fourth-order valence-electron chi connectivity index (χ4n) is 2.08. The van der Waals surface area contributed by atoms with Gasteiger partial charge in [-0.1, -0.05) is 13.0 Å². The molecule has 1 N–H and O–H groups in total. The van der Waals surface area contributed by atoms with E-state index in [1.165, 1.54) is 24.3 Å². The lowest BCUT2D eigenvalue weighted by Gasteiger charge is -2.06. The number of carbonyl (C=O) groups excluding carboxylic acids is 1. The van der Waals surface area contributed by atoms with Crippen LogP contribution in [0.1, 0.15) is 17.3 Å². The molecule has 2 aromatic carbocycles. The van der Waals surface area contributed by atoms with Gasteiger partial charge in [0.15, 0.2) is 9.84 Å². The number of rotatable bonds is 4. The minimum Gasteiger partial charge on any atom is -0.320 e. The van der Waals surface area contributed by atoms with E-state index in [1.54, 1.807) is 19.1 Å². The van der Waals surface area contributed by atoms with Crippen molar-refractivity contribution in [2.24, 2.45) is 0 Å². The minimum atomic E-state index is -3.27. The van der Waals surface area contributed by atoms with Crippen molar-refractivity contribution in [3.63, 3.8) is 0 Å². The first-order valence-electron chi connectivity index (χ1n) is 6.87. The van der Waals surface area contributed by atoms with Gasteiger partial charge in [0.1, 0.15) is 11.0 Å². The lowest BCUT2D eigenvalue weighted by Crippen LogP contribution is -2.12. The molecule has 0 aliphatic heterocycles. The summed E-state index contributed by atoms with van der Waals surface area (Å²) < 4.78 is 31.8. The second-order valence-corrected chi connectivity index (χ2v) is 7.63. The summed E-state index contributed by atoms with van der Waals surface area (Å²) in [5, 5.41) is 2.78. The maximum atomic E-state index is 12.3. The first-order valence-corrected chi connectivity index (χ1v) is 9.25. The molecular formula is C15H13N3O3S2. The molecule has 0 aliphatic carbocycles. The van der Waals surface area contributed by atoms with Crippen LogP contribution in [0.3, 0.4) is 0 Å². The first-order chi connectivity index (χ1) is 11.0. The standard InChI is InChI=1S/C15H13N3O3S2/c1-2-23(20,21)11-8-6-10(7-9-11)15(19)16-12-4-3-5-13-14(12)18-22-17-13/h3-9H,2H2,1H3,(H,16,19). The topological polar surface area (TPSA) is 89.0 Å². The van der Waals surface area contributed by atoms with Crippen molar-refractivity contribution in [3.8, 4) is 0 Å². The van der Waals surface area contributed by atoms with Gasteiger partial charge in [0.25, 0.3) is 5.91 Å². The molecule has 23 heavy (non-hydrogen) atoms. The Morgan fingerprint density at radius 3 is 2.57 bits per heavy atom. The number of carbonyl (C=O) groups is 1. The molecule has 118 valence electrons. The highest BCUT2D eigenvalue weighted by atomic mass is 32.2. The lowest BCUT2D eigenvalue weighted by atomic mass is 10.2. The molecule has 8 heteroatoms. The Kier molecular flexibility index (Phi) is 4.10. The number of anilines is 1. The van der Waals surface area contributed by atoms with Crippen LogP contribution in [0.2, 0.25) is 0 Å². The van der Waals surface area contributed by atoms with Gasteiger partial charge in [-0.3, -0.25) is 4.79 Å². The van der Waals surface area contributed by atoms with Crippen LogP contribution in [-0.4, -0.2) is 28.8 Å². The van der Waals surface area contributed by atoms with Gasteiger partial charge in [-0.2, -0.15) is 8.75 Å². The molecule has 0 fully saturated rings. The summed E-state index contributed by atoms with van der Waals surface area (Å²) in [4.78, 5) is 12.5. The lowest BCUT2D eigenvalue weighted by molar-refractivity contribution is 0.102. The van der Waals surface area contributed by atoms with E-state index in [2.05, 4.69) is 14.1 Å². The van der Waals surface area contributed by atoms with Crippen molar-refractivity contribution < 1.29 is 13.2 Å². The SMILES string of the molecule is CCS(=O)(=O)c1ccc(C(=O)Nc2cccc3nsnc23)cc1. The molecule has 0 bridgehead atoms. The van der Waals surface area contributed by atoms with E-state index < -0.39 is 9.84 Å². The van der Waals surface area contributed by atoms with Gasteiger partial charge in [-0.05, 0) is 36.4 Å². The van der Waals surface area contributed by atoms with Crippen molar-refractivity contribution in [1.82, 2.24) is 8.75 Å². The average molecular weight is 347 g/mol. The van der Waals surface area contributed by atoms with Gasteiger partial charge in [0, 0.05) is 5.56 Å². The molecule has 1 aromatic heterocycles. The van der Waals surface area contributed by atoms with Crippen LogP contribution in [-0.2, 0) is 9.84 Å². The van der Waals surface area contributed by atoms with Crippen molar-refractivity contribution >= 4 is 44.2 Å². The van der Waals surface area contributed by atoms with Gasteiger partial charge in [0.05, 0.1) is 28.1 Å². The Hall–Kier alpha value is -2.32. The molecule has 0 radical (unpaired) electrons. The highest BCUT2D eigenvalue weighted by Gasteiger charge is 2.14. The summed E-state index contributed by atoms with van der Waals surface area (Å²) in [7, 11) is -3.27. The Bertz CT molecular complexity index is 963. The van der Waals surface area contributed by atoms with E-state index in [-0.39, 0.29) is 16.6 Å². The summed E-state index contributed by atoms with van der Waals surface area (Å²) in [5.41, 5.74) is 2.31. The molecule has 1 amide bonds. The average Bonchev–Trinajstić information content (AvgIpc) is 3.04. The van der Waals surface area contributed by atoms with Crippen LogP contribution in [0.15, 0.2) is 47.4 Å². The zero-order valence-corrected chi connectivity index (χ0v) is 13.8. The molecule has 6 nitrogen and oxygen atoms in total. The number of hydrogen-bond acceptors (Lipinski definition) is 6. The van der Waals surface area contributed by atoms with Gasteiger partial charge in [-0.25, -0.2) is 8.42 Å². The van der Waals surface area contributed by atoms with E-state index in [0.29, 0.717) is 16.8 Å². The maximum absolute atomic E-state index is 12.3. The number of hydrogen-bond donors (Lipinski definition) is 1. The van der Waals surface area contributed by atoms with E-state index in [9.17, 15) is 13.2 Å². The van der Waals surface area contributed by atoms with Gasteiger partial charge < -0.3 is 5.32 Å². The second-order valence-electron chi connectivity index (χ2n) is 4.82.